The molecule has 0 aromatic rings. The Morgan fingerprint density at radius 3 is 2.22 bits per heavy atom. The molecule has 2 aliphatic carbocycles. The summed E-state index contributed by atoms with van der Waals surface area (Å²) >= 11 is 0. The van der Waals surface area contributed by atoms with Crippen LogP contribution in [0.1, 0.15) is 64.2 Å². The molecule has 1 N–H and O–H groups in total. The first kappa shape index (κ1) is 17.2. The number of piperidine rings is 1. The van der Waals surface area contributed by atoms with Crippen molar-refractivity contribution < 1.29 is 13.2 Å². The zero-order valence-electron chi connectivity index (χ0n) is 14.0. The molecule has 3 rings (SSSR count). The molecule has 0 aromatic carbocycles. The zero-order chi connectivity index (χ0) is 16.3. The Morgan fingerprint density at radius 2 is 1.61 bits per heavy atom. The normalized spacial score (nSPS) is 24.9. The quantitative estimate of drug-likeness (QED) is 0.772. The molecule has 5 nitrogen and oxygen atoms in total. The van der Waals surface area contributed by atoms with Crippen LogP contribution in [0.25, 0.3) is 0 Å². The van der Waals surface area contributed by atoms with Crippen molar-refractivity contribution in [3.05, 3.63) is 0 Å². The van der Waals surface area contributed by atoms with E-state index >= 15 is 0 Å². The summed E-state index contributed by atoms with van der Waals surface area (Å²) in [6.07, 6.45) is 10.3. The van der Waals surface area contributed by atoms with Gasteiger partial charge in [-0.3, -0.25) is 4.79 Å². The van der Waals surface area contributed by atoms with Gasteiger partial charge in [-0.2, -0.15) is 0 Å². The maximum atomic E-state index is 12.2. The minimum atomic E-state index is -3.02. The van der Waals surface area contributed by atoms with Crippen molar-refractivity contribution in [1.82, 2.24) is 9.62 Å². The largest absolute Gasteiger partial charge is 0.356 e. The number of rotatable bonds is 7. The van der Waals surface area contributed by atoms with E-state index < -0.39 is 10.0 Å². The van der Waals surface area contributed by atoms with Gasteiger partial charge in [-0.25, -0.2) is 12.7 Å². The van der Waals surface area contributed by atoms with E-state index in [1.165, 1.54) is 25.7 Å². The van der Waals surface area contributed by atoms with Crippen molar-refractivity contribution >= 4 is 15.9 Å². The topological polar surface area (TPSA) is 66.5 Å². The number of carbonyl (C=O) groups is 1. The highest BCUT2D eigenvalue weighted by Gasteiger charge is 2.41. The highest BCUT2D eigenvalue weighted by Crippen LogP contribution is 2.33. The Kier molecular flexibility index (Phi) is 5.62. The van der Waals surface area contributed by atoms with Gasteiger partial charge in [0.2, 0.25) is 15.9 Å². The molecule has 23 heavy (non-hydrogen) atoms. The highest BCUT2D eigenvalue weighted by molar-refractivity contribution is 7.90. The zero-order valence-corrected chi connectivity index (χ0v) is 14.8. The monoisotopic (exact) mass is 342 g/mol. The molecule has 0 bridgehead atoms. The summed E-state index contributed by atoms with van der Waals surface area (Å²) in [5.74, 6) is 1.36. The average molecular weight is 343 g/mol. The molecule has 132 valence electrons. The Bertz CT molecular complexity index is 502. The van der Waals surface area contributed by atoms with Crippen LogP contribution in [-0.2, 0) is 14.8 Å². The third kappa shape index (κ3) is 4.69. The van der Waals surface area contributed by atoms with Crippen molar-refractivity contribution in [3.8, 4) is 0 Å². The Labute approximate surface area is 140 Å². The number of amides is 1. The van der Waals surface area contributed by atoms with Crippen LogP contribution < -0.4 is 5.32 Å². The third-order valence-electron chi connectivity index (χ3n) is 5.72. The number of nitrogens with one attached hydrogen (secondary N) is 1. The Hall–Kier alpha value is -0.620. The number of nitrogens with zero attached hydrogens (tertiary/aromatic N) is 1. The molecule has 0 radical (unpaired) electrons. The molecule has 0 atom stereocenters. The maximum absolute atomic E-state index is 12.2. The van der Waals surface area contributed by atoms with E-state index in [0.29, 0.717) is 32.0 Å². The first-order valence-corrected chi connectivity index (χ1v) is 10.8. The smallest absolute Gasteiger partial charge is 0.220 e. The molecule has 0 aromatic heterocycles. The SMILES string of the molecule is O=C(CCC1CCCC1)NCC1CCN(S(=O)(=O)C2CC2)CC1. The highest BCUT2D eigenvalue weighted by atomic mass is 32.2. The standard InChI is InChI=1S/C17H30N2O3S/c20-17(8-5-14-3-1-2-4-14)18-13-15-9-11-19(12-10-15)23(21,22)16-6-7-16/h14-16H,1-13H2,(H,18,20). The Morgan fingerprint density at radius 1 is 0.957 bits per heavy atom. The third-order valence-corrected chi connectivity index (χ3v) is 8.12. The number of sulfonamides is 1. The van der Waals surface area contributed by atoms with Gasteiger partial charge in [0.05, 0.1) is 5.25 Å². The lowest BCUT2D eigenvalue weighted by molar-refractivity contribution is -0.121. The van der Waals surface area contributed by atoms with Crippen LogP contribution >= 0.6 is 0 Å². The number of carbonyl (C=O) groups excluding carboxylic acids is 1. The summed E-state index contributed by atoms with van der Waals surface area (Å²) in [7, 11) is -3.02. The lowest BCUT2D eigenvalue weighted by Gasteiger charge is -2.31. The van der Waals surface area contributed by atoms with Gasteiger partial charge in [-0.15, -0.1) is 0 Å². The van der Waals surface area contributed by atoms with Gasteiger partial charge >= 0.3 is 0 Å². The van der Waals surface area contributed by atoms with E-state index in [1.54, 1.807) is 4.31 Å². The van der Waals surface area contributed by atoms with Gasteiger partial charge in [0.25, 0.3) is 0 Å². The van der Waals surface area contributed by atoms with Gasteiger partial charge < -0.3 is 5.32 Å². The van der Waals surface area contributed by atoms with Crippen LogP contribution in [-0.4, -0.2) is 43.5 Å². The van der Waals surface area contributed by atoms with E-state index in [4.69, 9.17) is 0 Å². The van der Waals surface area contributed by atoms with Crippen LogP contribution in [0.5, 0.6) is 0 Å². The van der Waals surface area contributed by atoms with E-state index in [2.05, 4.69) is 5.32 Å². The van der Waals surface area contributed by atoms with E-state index in [1.807, 2.05) is 0 Å². The van der Waals surface area contributed by atoms with E-state index in [-0.39, 0.29) is 11.2 Å². The second-order valence-electron chi connectivity index (χ2n) is 7.58. The second kappa shape index (κ2) is 7.51. The van der Waals surface area contributed by atoms with Crippen LogP contribution in [0, 0.1) is 11.8 Å². The average Bonchev–Trinajstić information content (AvgIpc) is 3.29. The molecule has 6 heteroatoms. The molecule has 1 saturated heterocycles. The number of hydrogen-bond donors (Lipinski definition) is 1. The van der Waals surface area contributed by atoms with Crippen molar-refractivity contribution in [1.29, 1.82) is 0 Å². The fourth-order valence-electron chi connectivity index (χ4n) is 3.93. The van der Waals surface area contributed by atoms with Crippen LogP contribution in [0.4, 0.5) is 0 Å². The summed E-state index contributed by atoms with van der Waals surface area (Å²) in [6.45, 7) is 1.96. The fraction of sp³-hybridized carbons (Fsp3) is 0.941. The fourth-order valence-corrected chi connectivity index (χ4v) is 5.80. The summed E-state index contributed by atoms with van der Waals surface area (Å²) in [6, 6.07) is 0. The molecule has 3 aliphatic rings. The van der Waals surface area contributed by atoms with Crippen molar-refractivity contribution in [2.75, 3.05) is 19.6 Å². The van der Waals surface area contributed by atoms with Gasteiger partial charge in [0.15, 0.2) is 0 Å². The van der Waals surface area contributed by atoms with Crippen molar-refractivity contribution in [2.45, 2.75) is 69.5 Å². The van der Waals surface area contributed by atoms with Crippen LogP contribution in [0.15, 0.2) is 0 Å². The molecule has 2 saturated carbocycles. The number of hydrogen-bond acceptors (Lipinski definition) is 3. The van der Waals surface area contributed by atoms with Crippen molar-refractivity contribution in [3.63, 3.8) is 0 Å². The lowest BCUT2D eigenvalue weighted by atomic mass is 9.98. The molecule has 3 fully saturated rings. The minimum Gasteiger partial charge on any atom is -0.356 e. The van der Waals surface area contributed by atoms with Crippen LogP contribution in [0.3, 0.4) is 0 Å². The summed E-state index contributed by atoms with van der Waals surface area (Å²) in [4.78, 5) is 11.9. The first-order chi connectivity index (χ1) is 11.1. The molecule has 0 unspecified atom stereocenters. The predicted octanol–water partition coefficient (Wildman–Crippen LogP) is 2.28. The van der Waals surface area contributed by atoms with Crippen molar-refractivity contribution in [2.24, 2.45) is 11.8 Å². The molecule has 1 amide bonds. The first-order valence-electron chi connectivity index (χ1n) is 9.31. The van der Waals surface area contributed by atoms with E-state index in [0.717, 1.165) is 38.0 Å². The van der Waals surface area contributed by atoms with E-state index in [9.17, 15) is 13.2 Å². The molecule has 1 aliphatic heterocycles. The summed E-state index contributed by atoms with van der Waals surface area (Å²) in [5.41, 5.74) is 0. The van der Waals surface area contributed by atoms with Gasteiger partial charge in [-0.1, -0.05) is 25.7 Å². The molecule has 1 heterocycles. The van der Waals surface area contributed by atoms with Gasteiger partial charge in [-0.05, 0) is 43.9 Å². The Balaban J connectivity index is 1.31. The minimum absolute atomic E-state index is 0.102. The second-order valence-corrected chi connectivity index (χ2v) is 9.79. The van der Waals surface area contributed by atoms with Gasteiger partial charge in [0.1, 0.15) is 0 Å². The summed E-state index contributed by atoms with van der Waals surface area (Å²) < 4.78 is 26.0. The van der Waals surface area contributed by atoms with Gasteiger partial charge in [0, 0.05) is 26.1 Å². The lowest BCUT2D eigenvalue weighted by Crippen LogP contribution is -2.42. The molecular weight excluding hydrogens is 312 g/mol. The molecule has 0 spiro atoms. The van der Waals surface area contributed by atoms with Crippen LogP contribution in [0.2, 0.25) is 0 Å². The molecular formula is C17H30N2O3S. The predicted molar refractivity (Wildman–Crippen MR) is 90.4 cm³/mol. The summed E-state index contributed by atoms with van der Waals surface area (Å²) in [5, 5.41) is 2.96. The maximum Gasteiger partial charge on any atom is 0.220 e.